The predicted molar refractivity (Wildman–Crippen MR) is 73.9 cm³/mol. The minimum atomic E-state index is 0.841. The zero-order valence-corrected chi connectivity index (χ0v) is 11.3. The van der Waals surface area contributed by atoms with Crippen LogP contribution in [0.5, 0.6) is 0 Å². The van der Waals surface area contributed by atoms with Crippen molar-refractivity contribution in [2.45, 2.75) is 16.7 Å². The molecule has 0 fully saturated rings. The normalized spacial score (nSPS) is 10.4. The summed E-state index contributed by atoms with van der Waals surface area (Å²) in [7, 11) is 0. The highest BCUT2D eigenvalue weighted by Gasteiger charge is 2.01. The third kappa shape index (κ3) is 2.80. The van der Waals surface area contributed by atoms with E-state index in [1.807, 2.05) is 25.1 Å². The topological polar surface area (TPSA) is 26.0 Å². The molecule has 0 atom stereocenters. The van der Waals surface area contributed by atoms with E-state index in [0.29, 0.717) is 0 Å². The van der Waals surface area contributed by atoms with Gasteiger partial charge in [0.25, 0.3) is 0 Å². The molecule has 2 aromatic rings. The summed E-state index contributed by atoms with van der Waals surface area (Å²) in [5, 5.41) is 0. The number of benzene rings is 2. The van der Waals surface area contributed by atoms with E-state index in [2.05, 4.69) is 40.2 Å². The Balaban J connectivity index is 2.23. The third-order valence-corrected chi connectivity index (χ3v) is 3.83. The molecule has 3 heteroatoms. The van der Waals surface area contributed by atoms with E-state index in [9.17, 15) is 0 Å². The molecule has 0 bridgehead atoms. The van der Waals surface area contributed by atoms with E-state index < -0.39 is 0 Å². The molecule has 16 heavy (non-hydrogen) atoms. The fraction of sp³-hybridized carbons (Fsp3) is 0.0769. The second-order valence-electron chi connectivity index (χ2n) is 3.60. The van der Waals surface area contributed by atoms with Gasteiger partial charge >= 0.3 is 0 Å². The Morgan fingerprint density at radius 3 is 2.38 bits per heavy atom. The number of nitrogens with two attached hydrogens (primary N) is 1. The first-order valence-corrected chi connectivity index (χ1v) is 6.55. The van der Waals surface area contributed by atoms with Gasteiger partial charge in [0.2, 0.25) is 0 Å². The summed E-state index contributed by atoms with van der Waals surface area (Å²) >= 11 is 5.11. The van der Waals surface area contributed by atoms with Crippen LogP contribution in [0.4, 0.5) is 5.69 Å². The molecule has 1 nitrogen and oxygen atoms in total. The van der Waals surface area contributed by atoms with Crippen LogP contribution in [0.2, 0.25) is 0 Å². The fourth-order valence-electron chi connectivity index (χ4n) is 1.39. The molecule has 0 radical (unpaired) electrons. The van der Waals surface area contributed by atoms with Crippen molar-refractivity contribution in [2.75, 3.05) is 5.73 Å². The Morgan fingerprint density at radius 2 is 1.75 bits per heavy atom. The van der Waals surface area contributed by atoms with Gasteiger partial charge in [0.15, 0.2) is 0 Å². The smallest absolute Gasteiger partial charge is 0.0458 e. The second-order valence-corrected chi connectivity index (χ2v) is 5.63. The molecule has 0 aliphatic rings. The maximum absolute atomic E-state index is 5.97. The van der Waals surface area contributed by atoms with E-state index in [1.54, 1.807) is 11.8 Å². The molecule has 0 heterocycles. The quantitative estimate of drug-likeness (QED) is 0.826. The number of nitrogen functional groups attached to an aromatic ring is 1. The third-order valence-electron chi connectivity index (χ3n) is 2.21. The summed E-state index contributed by atoms with van der Waals surface area (Å²) in [6, 6.07) is 14.4. The van der Waals surface area contributed by atoms with Crippen molar-refractivity contribution < 1.29 is 0 Å². The summed E-state index contributed by atoms with van der Waals surface area (Å²) in [5.74, 6) is 0. The van der Waals surface area contributed by atoms with Crippen LogP contribution in [0, 0.1) is 6.92 Å². The van der Waals surface area contributed by atoms with Crippen LogP contribution in [-0.4, -0.2) is 0 Å². The van der Waals surface area contributed by atoms with Crippen molar-refractivity contribution >= 4 is 33.4 Å². The summed E-state index contributed by atoms with van der Waals surface area (Å²) in [4.78, 5) is 2.30. The van der Waals surface area contributed by atoms with Gasteiger partial charge in [0.05, 0.1) is 0 Å². The van der Waals surface area contributed by atoms with Crippen molar-refractivity contribution in [2.24, 2.45) is 0 Å². The van der Waals surface area contributed by atoms with Crippen molar-refractivity contribution in [3.8, 4) is 0 Å². The molecule has 0 amide bonds. The Morgan fingerprint density at radius 1 is 1.06 bits per heavy atom. The van der Waals surface area contributed by atoms with Crippen LogP contribution in [0.1, 0.15) is 5.56 Å². The lowest BCUT2D eigenvalue weighted by Gasteiger charge is -2.06. The van der Waals surface area contributed by atoms with Gasteiger partial charge in [-0.1, -0.05) is 33.8 Å². The lowest BCUT2D eigenvalue weighted by atomic mass is 10.2. The van der Waals surface area contributed by atoms with Gasteiger partial charge in [-0.25, -0.2) is 0 Å². The zero-order valence-electron chi connectivity index (χ0n) is 8.91. The van der Waals surface area contributed by atoms with E-state index >= 15 is 0 Å². The number of halogens is 1. The first kappa shape index (κ1) is 11.6. The minimum Gasteiger partial charge on any atom is -0.398 e. The highest BCUT2D eigenvalue weighted by molar-refractivity contribution is 9.10. The van der Waals surface area contributed by atoms with Crippen molar-refractivity contribution in [1.29, 1.82) is 0 Å². The first-order chi connectivity index (χ1) is 7.65. The SMILES string of the molecule is Cc1ccc(Sc2ccc(Br)cc2)c(N)c1. The molecule has 2 N–H and O–H groups in total. The van der Waals surface area contributed by atoms with Crippen LogP contribution in [0.3, 0.4) is 0 Å². The lowest BCUT2D eigenvalue weighted by Crippen LogP contribution is -1.88. The molecule has 0 aliphatic heterocycles. The zero-order chi connectivity index (χ0) is 11.5. The molecule has 0 saturated carbocycles. The minimum absolute atomic E-state index is 0.841. The summed E-state index contributed by atoms with van der Waals surface area (Å²) < 4.78 is 1.09. The summed E-state index contributed by atoms with van der Waals surface area (Å²) in [6.45, 7) is 2.05. The van der Waals surface area contributed by atoms with Crippen molar-refractivity contribution in [3.63, 3.8) is 0 Å². The van der Waals surface area contributed by atoms with Crippen LogP contribution in [-0.2, 0) is 0 Å². The van der Waals surface area contributed by atoms with Gasteiger partial charge in [-0.15, -0.1) is 0 Å². The van der Waals surface area contributed by atoms with E-state index in [0.717, 1.165) is 15.1 Å². The largest absolute Gasteiger partial charge is 0.398 e. The Labute approximate surface area is 108 Å². The van der Waals surface area contributed by atoms with Crippen LogP contribution < -0.4 is 5.73 Å². The number of rotatable bonds is 2. The van der Waals surface area contributed by atoms with Gasteiger partial charge in [0.1, 0.15) is 0 Å². The second kappa shape index (κ2) is 4.93. The van der Waals surface area contributed by atoms with Crippen LogP contribution in [0.15, 0.2) is 56.7 Å². The standard InChI is InChI=1S/C13H12BrNS/c1-9-2-7-13(12(15)8-9)16-11-5-3-10(14)4-6-11/h2-8H,15H2,1H3. The van der Waals surface area contributed by atoms with Gasteiger partial charge in [-0.2, -0.15) is 0 Å². The highest BCUT2D eigenvalue weighted by Crippen LogP contribution is 2.32. The summed E-state index contributed by atoms with van der Waals surface area (Å²) in [5.41, 5.74) is 8.00. The average Bonchev–Trinajstić information content (AvgIpc) is 2.25. The first-order valence-electron chi connectivity index (χ1n) is 4.95. The highest BCUT2D eigenvalue weighted by atomic mass is 79.9. The van der Waals surface area contributed by atoms with E-state index in [-0.39, 0.29) is 0 Å². The number of anilines is 1. The molecule has 0 spiro atoms. The molecule has 82 valence electrons. The van der Waals surface area contributed by atoms with Gasteiger partial charge in [0, 0.05) is 20.0 Å². The maximum atomic E-state index is 5.97. The molecule has 0 saturated heterocycles. The molecule has 0 aromatic heterocycles. The van der Waals surface area contributed by atoms with E-state index in [1.165, 1.54) is 10.5 Å². The van der Waals surface area contributed by atoms with E-state index in [4.69, 9.17) is 5.73 Å². The Bertz CT molecular complexity index is 494. The predicted octanol–water partition coefficient (Wildman–Crippen LogP) is 4.49. The summed E-state index contributed by atoms with van der Waals surface area (Å²) in [6.07, 6.45) is 0. The number of hydrogen-bond donors (Lipinski definition) is 1. The molecule has 2 rings (SSSR count). The van der Waals surface area contributed by atoms with Crippen molar-refractivity contribution in [1.82, 2.24) is 0 Å². The van der Waals surface area contributed by atoms with Gasteiger partial charge in [-0.05, 0) is 48.9 Å². The van der Waals surface area contributed by atoms with Gasteiger partial charge < -0.3 is 5.73 Å². The molecule has 0 unspecified atom stereocenters. The lowest BCUT2D eigenvalue weighted by molar-refractivity contribution is 1.36. The van der Waals surface area contributed by atoms with Gasteiger partial charge in [-0.3, -0.25) is 0 Å². The molecular formula is C13H12BrNS. The molecule has 0 aliphatic carbocycles. The van der Waals surface area contributed by atoms with Crippen molar-refractivity contribution in [3.05, 3.63) is 52.5 Å². The Kier molecular flexibility index (Phi) is 3.56. The molecular weight excluding hydrogens is 282 g/mol. The van der Waals surface area contributed by atoms with Crippen LogP contribution in [0.25, 0.3) is 0 Å². The molecule has 2 aromatic carbocycles. The Hall–Kier alpha value is -0.930. The van der Waals surface area contributed by atoms with Crippen LogP contribution >= 0.6 is 27.7 Å². The number of aryl methyl sites for hydroxylation is 1. The fourth-order valence-corrected chi connectivity index (χ4v) is 2.49. The monoisotopic (exact) mass is 293 g/mol. The average molecular weight is 294 g/mol. The number of hydrogen-bond acceptors (Lipinski definition) is 2. The maximum Gasteiger partial charge on any atom is 0.0458 e.